The molecule has 0 N–H and O–H groups in total. The molecule has 1 atom stereocenters. The third-order valence-corrected chi connectivity index (χ3v) is 3.94. The monoisotopic (exact) mass is 343 g/mol. The van der Waals surface area contributed by atoms with E-state index in [0.29, 0.717) is 31.5 Å². The standard InChI is InChI=1S/C18H21N3O4/c1-23-17-18(20-9-8-19-17)25-15-7-10-21(11-15)16(22)13-24-12-14-5-3-2-4-6-14/h2-6,8-9,15H,7,10-13H2,1H3. The van der Waals surface area contributed by atoms with Crippen LogP contribution in [-0.2, 0) is 16.1 Å². The van der Waals surface area contributed by atoms with Gasteiger partial charge >= 0.3 is 0 Å². The molecule has 0 spiro atoms. The zero-order chi connectivity index (χ0) is 17.5. The summed E-state index contributed by atoms with van der Waals surface area (Å²) in [7, 11) is 1.52. The van der Waals surface area contributed by atoms with E-state index in [4.69, 9.17) is 14.2 Å². The van der Waals surface area contributed by atoms with Crippen LogP contribution in [0.2, 0.25) is 0 Å². The summed E-state index contributed by atoms with van der Waals surface area (Å²) in [6.45, 7) is 1.64. The second-order valence-electron chi connectivity index (χ2n) is 5.72. The van der Waals surface area contributed by atoms with Crippen molar-refractivity contribution in [1.29, 1.82) is 0 Å². The molecule has 0 radical (unpaired) electrons. The predicted molar refractivity (Wildman–Crippen MR) is 90.3 cm³/mol. The van der Waals surface area contributed by atoms with Gasteiger partial charge in [0.25, 0.3) is 11.8 Å². The van der Waals surface area contributed by atoms with E-state index in [1.165, 1.54) is 7.11 Å². The smallest absolute Gasteiger partial charge is 0.278 e. The highest BCUT2D eigenvalue weighted by molar-refractivity contribution is 5.77. The number of nitrogens with zero attached hydrogens (tertiary/aromatic N) is 3. The van der Waals surface area contributed by atoms with Crippen molar-refractivity contribution in [2.45, 2.75) is 19.1 Å². The number of likely N-dealkylation sites (tertiary alicyclic amines) is 1. The van der Waals surface area contributed by atoms with Gasteiger partial charge in [-0.1, -0.05) is 30.3 Å². The average molecular weight is 343 g/mol. The zero-order valence-corrected chi connectivity index (χ0v) is 14.1. The molecule has 7 heteroatoms. The van der Waals surface area contributed by atoms with Crippen LogP contribution in [0.3, 0.4) is 0 Å². The molecule has 0 saturated carbocycles. The van der Waals surface area contributed by atoms with Crippen molar-refractivity contribution in [1.82, 2.24) is 14.9 Å². The summed E-state index contributed by atoms with van der Waals surface area (Å²) >= 11 is 0. The summed E-state index contributed by atoms with van der Waals surface area (Å²) in [6.07, 6.45) is 3.71. The van der Waals surface area contributed by atoms with Crippen molar-refractivity contribution in [3.8, 4) is 11.8 Å². The number of ether oxygens (including phenoxy) is 3. The Morgan fingerprint density at radius 3 is 2.72 bits per heavy atom. The molecule has 1 unspecified atom stereocenters. The van der Waals surface area contributed by atoms with Crippen LogP contribution in [0.4, 0.5) is 0 Å². The van der Waals surface area contributed by atoms with Gasteiger partial charge in [0, 0.05) is 25.4 Å². The number of methoxy groups -OCH3 is 1. The minimum Gasteiger partial charge on any atom is -0.477 e. The van der Waals surface area contributed by atoms with Crippen LogP contribution in [0.15, 0.2) is 42.7 Å². The molecule has 2 heterocycles. The number of rotatable bonds is 7. The van der Waals surface area contributed by atoms with Gasteiger partial charge in [-0.25, -0.2) is 9.97 Å². The number of carbonyl (C=O) groups is 1. The molecule has 7 nitrogen and oxygen atoms in total. The quantitative estimate of drug-likeness (QED) is 0.762. The first-order valence-electron chi connectivity index (χ1n) is 8.17. The maximum Gasteiger partial charge on any atom is 0.278 e. The maximum atomic E-state index is 12.2. The highest BCUT2D eigenvalue weighted by atomic mass is 16.5. The van der Waals surface area contributed by atoms with Crippen LogP contribution in [0.1, 0.15) is 12.0 Å². The first-order chi connectivity index (χ1) is 12.3. The average Bonchev–Trinajstić information content (AvgIpc) is 3.12. The third kappa shape index (κ3) is 4.67. The van der Waals surface area contributed by atoms with Gasteiger partial charge in [-0.05, 0) is 5.56 Å². The highest BCUT2D eigenvalue weighted by Gasteiger charge is 2.28. The van der Waals surface area contributed by atoms with E-state index in [1.807, 2.05) is 30.3 Å². The first-order valence-corrected chi connectivity index (χ1v) is 8.17. The van der Waals surface area contributed by atoms with Gasteiger partial charge < -0.3 is 19.1 Å². The number of aromatic nitrogens is 2. The molecule has 0 aliphatic carbocycles. The lowest BCUT2D eigenvalue weighted by atomic mass is 10.2. The number of amides is 1. The number of hydrogen-bond acceptors (Lipinski definition) is 6. The Morgan fingerprint density at radius 2 is 1.96 bits per heavy atom. The molecular formula is C18H21N3O4. The molecular weight excluding hydrogens is 322 g/mol. The van der Waals surface area contributed by atoms with Gasteiger partial charge in [-0.2, -0.15) is 0 Å². The maximum absolute atomic E-state index is 12.2. The fourth-order valence-corrected chi connectivity index (χ4v) is 2.66. The minimum atomic E-state index is -0.122. The highest BCUT2D eigenvalue weighted by Crippen LogP contribution is 2.23. The molecule has 1 aromatic heterocycles. The molecule has 2 aromatic rings. The summed E-state index contributed by atoms with van der Waals surface area (Å²) in [5.74, 6) is 0.663. The van der Waals surface area contributed by atoms with Crippen molar-refractivity contribution in [2.75, 3.05) is 26.8 Å². The Labute approximate surface area is 146 Å². The number of benzene rings is 1. The van der Waals surface area contributed by atoms with E-state index < -0.39 is 0 Å². The molecule has 3 rings (SSSR count). The summed E-state index contributed by atoms with van der Waals surface area (Å²) < 4.78 is 16.5. The normalized spacial score (nSPS) is 16.7. The molecule has 132 valence electrons. The van der Waals surface area contributed by atoms with E-state index in [0.717, 1.165) is 12.0 Å². The second kappa shape index (κ2) is 8.43. The lowest BCUT2D eigenvalue weighted by Gasteiger charge is -2.17. The van der Waals surface area contributed by atoms with Crippen molar-refractivity contribution in [2.24, 2.45) is 0 Å². The van der Waals surface area contributed by atoms with Gasteiger partial charge in [0.1, 0.15) is 12.7 Å². The molecule has 1 amide bonds. The van der Waals surface area contributed by atoms with Crippen LogP contribution in [0.5, 0.6) is 11.8 Å². The minimum absolute atomic E-state index is 0.0341. The van der Waals surface area contributed by atoms with E-state index in [2.05, 4.69) is 9.97 Å². The molecule has 25 heavy (non-hydrogen) atoms. The molecule has 1 fully saturated rings. The van der Waals surface area contributed by atoms with E-state index in [1.54, 1.807) is 17.3 Å². The number of hydrogen-bond donors (Lipinski definition) is 0. The Kier molecular flexibility index (Phi) is 5.79. The first kappa shape index (κ1) is 17.2. The van der Waals surface area contributed by atoms with Crippen molar-refractivity contribution >= 4 is 5.91 Å². The number of carbonyl (C=O) groups excluding carboxylic acids is 1. The fraction of sp³-hybridized carbons (Fsp3) is 0.389. The van der Waals surface area contributed by atoms with Crippen LogP contribution < -0.4 is 9.47 Å². The van der Waals surface area contributed by atoms with Gasteiger partial charge in [-0.3, -0.25) is 4.79 Å². The molecule has 1 aliphatic heterocycles. The molecule has 1 aliphatic rings. The van der Waals surface area contributed by atoms with Gasteiger partial charge in [0.2, 0.25) is 5.91 Å². The van der Waals surface area contributed by atoms with E-state index >= 15 is 0 Å². The lowest BCUT2D eigenvalue weighted by Crippen LogP contribution is -2.33. The van der Waals surface area contributed by atoms with E-state index in [-0.39, 0.29) is 18.6 Å². The Hall–Kier alpha value is -2.67. The van der Waals surface area contributed by atoms with Gasteiger partial charge in [-0.15, -0.1) is 0 Å². The van der Waals surface area contributed by atoms with Crippen LogP contribution in [-0.4, -0.2) is 53.7 Å². The van der Waals surface area contributed by atoms with Crippen molar-refractivity contribution in [3.05, 3.63) is 48.3 Å². The zero-order valence-electron chi connectivity index (χ0n) is 14.1. The Bertz CT molecular complexity index is 696. The summed E-state index contributed by atoms with van der Waals surface area (Å²) in [5.41, 5.74) is 1.05. The van der Waals surface area contributed by atoms with Crippen LogP contribution in [0.25, 0.3) is 0 Å². The van der Waals surface area contributed by atoms with Crippen molar-refractivity contribution < 1.29 is 19.0 Å². The second-order valence-corrected chi connectivity index (χ2v) is 5.72. The molecule has 1 aromatic carbocycles. The van der Waals surface area contributed by atoms with E-state index in [9.17, 15) is 4.79 Å². The van der Waals surface area contributed by atoms with Crippen molar-refractivity contribution in [3.63, 3.8) is 0 Å². The summed E-state index contributed by atoms with van der Waals surface area (Å²) in [6, 6.07) is 9.79. The van der Waals surface area contributed by atoms with Gasteiger partial charge in [0.15, 0.2) is 0 Å². The predicted octanol–water partition coefficient (Wildman–Crippen LogP) is 1.68. The third-order valence-electron chi connectivity index (χ3n) is 3.94. The lowest BCUT2D eigenvalue weighted by molar-refractivity contribution is -0.135. The molecule has 0 bridgehead atoms. The fourth-order valence-electron chi connectivity index (χ4n) is 2.66. The summed E-state index contributed by atoms with van der Waals surface area (Å²) in [4.78, 5) is 22.2. The Balaban J connectivity index is 1.45. The largest absolute Gasteiger partial charge is 0.477 e. The topological polar surface area (TPSA) is 73.8 Å². The van der Waals surface area contributed by atoms with Crippen LogP contribution >= 0.6 is 0 Å². The van der Waals surface area contributed by atoms with Crippen LogP contribution in [0, 0.1) is 0 Å². The molecule has 1 saturated heterocycles. The Morgan fingerprint density at radius 1 is 1.20 bits per heavy atom. The summed E-state index contributed by atoms with van der Waals surface area (Å²) in [5, 5.41) is 0. The van der Waals surface area contributed by atoms with Gasteiger partial charge in [0.05, 0.1) is 20.3 Å². The SMILES string of the molecule is COc1nccnc1OC1CCN(C(=O)COCc2ccccc2)C1.